The molecule has 0 heterocycles. The van der Waals surface area contributed by atoms with E-state index in [9.17, 15) is 0 Å². The zero-order valence-corrected chi connectivity index (χ0v) is 12.2. The van der Waals surface area contributed by atoms with Crippen molar-refractivity contribution in [3.8, 4) is 0 Å². The van der Waals surface area contributed by atoms with E-state index in [1.807, 2.05) is 18.2 Å². The topological polar surface area (TPSA) is 12.0 Å². The largest absolute Gasteiger partial charge is 0.306 e. The zero-order valence-electron chi connectivity index (χ0n) is 11.5. The highest BCUT2D eigenvalue weighted by Crippen LogP contribution is 2.29. The quantitative estimate of drug-likeness (QED) is 0.830. The summed E-state index contributed by atoms with van der Waals surface area (Å²) in [4.78, 5) is 0. The van der Waals surface area contributed by atoms with E-state index in [1.165, 1.54) is 11.1 Å². The first kappa shape index (κ1) is 14.1. The van der Waals surface area contributed by atoms with Gasteiger partial charge in [-0.2, -0.15) is 0 Å². The van der Waals surface area contributed by atoms with Crippen LogP contribution in [0.3, 0.4) is 0 Å². The van der Waals surface area contributed by atoms with Crippen molar-refractivity contribution in [3.05, 3.63) is 70.2 Å². The number of halogens is 1. The fourth-order valence-corrected chi connectivity index (χ4v) is 2.54. The first-order chi connectivity index (χ1) is 9.24. The van der Waals surface area contributed by atoms with Gasteiger partial charge in [-0.05, 0) is 42.6 Å². The molecule has 2 aromatic carbocycles. The SMILES string of the molecule is CCCNC(c1ccccc1C)c1ccccc1Cl. The predicted molar refractivity (Wildman–Crippen MR) is 82.8 cm³/mol. The number of hydrogen-bond acceptors (Lipinski definition) is 1. The maximum Gasteiger partial charge on any atom is 0.0594 e. The standard InChI is InChI=1S/C17H20ClN/c1-3-12-19-17(14-9-5-4-8-13(14)2)15-10-6-7-11-16(15)18/h4-11,17,19H,3,12H2,1-2H3. The molecule has 2 aromatic rings. The fraction of sp³-hybridized carbons (Fsp3) is 0.294. The highest BCUT2D eigenvalue weighted by atomic mass is 35.5. The normalized spacial score (nSPS) is 12.4. The van der Waals surface area contributed by atoms with Crippen molar-refractivity contribution in [2.24, 2.45) is 0 Å². The summed E-state index contributed by atoms with van der Waals surface area (Å²) in [5, 5.41) is 4.42. The molecule has 1 nitrogen and oxygen atoms in total. The van der Waals surface area contributed by atoms with Gasteiger partial charge >= 0.3 is 0 Å². The third-order valence-corrected chi connectivity index (χ3v) is 3.66. The summed E-state index contributed by atoms with van der Waals surface area (Å²) in [6.45, 7) is 5.30. The summed E-state index contributed by atoms with van der Waals surface area (Å²) >= 11 is 6.36. The van der Waals surface area contributed by atoms with Gasteiger partial charge in [0, 0.05) is 5.02 Å². The van der Waals surface area contributed by atoms with Gasteiger partial charge in [0.1, 0.15) is 0 Å². The van der Waals surface area contributed by atoms with Gasteiger partial charge in [-0.15, -0.1) is 0 Å². The van der Waals surface area contributed by atoms with Crippen LogP contribution in [-0.2, 0) is 0 Å². The molecule has 0 spiro atoms. The molecule has 0 aromatic heterocycles. The second-order valence-corrected chi connectivity index (χ2v) is 5.17. The molecule has 2 heteroatoms. The molecule has 0 saturated heterocycles. The molecule has 0 saturated carbocycles. The van der Waals surface area contributed by atoms with Crippen molar-refractivity contribution in [1.29, 1.82) is 0 Å². The Morgan fingerprint density at radius 1 is 1.00 bits per heavy atom. The van der Waals surface area contributed by atoms with Crippen molar-refractivity contribution in [2.75, 3.05) is 6.54 Å². The summed E-state index contributed by atoms with van der Waals surface area (Å²) < 4.78 is 0. The summed E-state index contributed by atoms with van der Waals surface area (Å²) in [5.74, 6) is 0. The third kappa shape index (κ3) is 3.37. The van der Waals surface area contributed by atoms with Crippen molar-refractivity contribution in [2.45, 2.75) is 26.3 Å². The molecule has 0 aliphatic rings. The van der Waals surface area contributed by atoms with Crippen molar-refractivity contribution >= 4 is 11.6 Å². The minimum atomic E-state index is 0.162. The van der Waals surface area contributed by atoms with Crippen LogP contribution in [0.2, 0.25) is 5.02 Å². The molecule has 19 heavy (non-hydrogen) atoms. The predicted octanol–water partition coefficient (Wildman–Crippen LogP) is 4.74. The Kier molecular flexibility index (Phi) is 5.00. The van der Waals surface area contributed by atoms with Gasteiger partial charge in [-0.1, -0.05) is 61.0 Å². The Morgan fingerprint density at radius 2 is 1.63 bits per heavy atom. The smallest absolute Gasteiger partial charge is 0.0594 e. The summed E-state index contributed by atoms with van der Waals surface area (Å²) in [6, 6.07) is 16.7. The molecular weight excluding hydrogens is 254 g/mol. The summed E-state index contributed by atoms with van der Waals surface area (Å²) in [6.07, 6.45) is 1.10. The lowest BCUT2D eigenvalue weighted by Gasteiger charge is -2.22. The Morgan fingerprint density at radius 3 is 2.26 bits per heavy atom. The highest BCUT2D eigenvalue weighted by molar-refractivity contribution is 6.31. The molecule has 0 aliphatic heterocycles. The lowest BCUT2D eigenvalue weighted by atomic mass is 9.95. The number of rotatable bonds is 5. The molecule has 0 fully saturated rings. The lowest BCUT2D eigenvalue weighted by molar-refractivity contribution is 0.596. The number of benzene rings is 2. The van der Waals surface area contributed by atoms with Crippen LogP contribution < -0.4 is 5.32 Å². The second-order valence-electron chi connectivity index (χ2n) is 4.77. The molecule has 1 N–H and O–H groups in total. The molecular formula is C17H20ClN. The summed E-state index contributed by atoms with van der Waals surface area (Å²) in [7, 11) is 0. The van der Waals surface area contributed by atoms with Crippen molar-refractivity contribution < 1.29 is 0 Å². The third-order valence-electron chi connectivity index (χ3n) is 3.31. The molecule has 0 radical (unpaired) electrons. The fourth-order valence-electron chi connectivity index (χ4n) is 2.30. The van der Waals surface area contributed by atoms with E-state index in [-0.39, 0.29) is 6.04 Å². The van der Waals surface area contributed by atoms with Gasteiger partial charge in [0.2, 0.25) is 0 Å². The minimum absolute atomic E-state index is 0.162. The first-order valence-electron chi connectivity index (χ1n) is 6.77. The van der Waals surface area contributed by atoms with Crippen LogP contribution in [0.5, 0.6) is 0 Å². The van der Waals surface area contributed by atoms with Crippen LogP contribution in [0.1, 0.15) is 36.1 Å². The second kappa shape index (κ2) is 6.74. The van der Waals surface area contributed by atoms with Gasteiger partial charge < -0.3 is 5.32 Å². The molecule has 1 unspecified atom stereocenters. The Balaban J connectivity index is 2.42. The Labute approximate surface area is 120 Å². The van der Waals surface area contributed by atoms with E-state index in [0.717, 1.165) is 23.6 Å². The van der Waals surface area contributed by atoms with Gasteiger partial charge in [0.15, 0.2) is 0 Å². The molecule has 100 valence electrons. The van der Waals surface area contributed by atoms with Crippen LogP contribution in [0.25, 0.3) is 0 Å². The van der Waals surface area contributed by atoms with Crippen LogP contribution in [0.15, 0.2) is 48.5 Å². The molecule has 0 aliphatic carbocycles. The van der Waals surface area contributed by atoms with Crippen molar-refractivity contribution in [3.63, 3.8) is 0 Å². The van der Waals surface area contributed by atoms with E-state index in [4.69, 9.17) is 11.6 Å². The zero-order chi connectivity index (χ0) is 13.7. The minimum Gasteiger partial charge on any atom is -0.306 e. The summed E-state index contributed by atoms with van der Waals surface area (Å²) in [5.41, 5.74) is 3.73. The van der Waals surface area contributed by atoms with E-state index >= 15 is 0 Å². The average Bonchev–Trinajstić information content (AvgIpc) is 2.42. The maximum absolute atomic E-state index is 6.36. The van der Waals surface area contributed by atoms with E-state index in [0.29, 0.717) is 0 Å². The molecule has 0 amide bonds. The Bertz CT molecular complexity index is 491. The molecule has 2 rings (SSSR count). The van der Waals surface area contributed by atoms with Crippen LogP contribution >= 0.6 is 11.6 Å². The molecule has 1 atom stereocenters. The van der Waals surface area contributed by atoms with Crippen LogP contribution in [0, 0.1) is 6.92 Å². The number of hydrogen-bond donors (Lipinski definition) is 1. The number of aryl methyl sites for hydroxylation is 1. The van der Waals surface area contributed by atoms with Gasteiger partial charge in [-0.25, -0.2) is 0 Å². The van der Waals surface area contributed by atoms with Gasteiger partial charge in [0.25, 0.3) is 0 Å². The average molecular weight is 274 g/mol. The highest BCUT2D eigenvalue weighted by Gasteiger charge is 2.17. The van der Waals surface area contributed by atoms with Crippen molar-refractivity contribution in [1.82, 2.24) is 5.32 Å². The van der Waals surface area contributed by atoms with E-state index in [1.54, 1.807) is 0 Å². The van der Waals surface area contributed by atoms with Gasteiger partial charge in [-0.3, -0.25) is 0 Å². The van der Waals surface area contributed by atoms with Crippen LogP contribution in [-0.4, -0.2) is 6.54 Å². The van der Waals surface area contributed by atoms with Gasteiger partial charge in [0.05, 0.1) is 6.04 Å². The first-order valence-corrected chi connectivity index (χ1v) is 7.15. The lowest BCUT2D eigenvalue weighted by Crippen LogP contribution is -2.24. The Hall–Kier alpha value is -1.31. The molecule has 0 bridgehead atoms. The maximum atomic E-state index is 6.36. The van der Waals surface area contributed by atoms with E-state index < -0.39 is 0 Å². The van der Waals surface area contributed by atoms with E-state index in [2.05, 4.69) is 49.5 Å². The monoisotopic (exact) mass is 273 g/mol. The number of nitrogens with one attached hydrogen (secondary N) is 1. The van der Waals surface area contributed by atoms with Crippen LogP contribution in [0.4, 0.5) is 0 Å².